The SMILES string of the molecule is CCC(CC)(CN)C(=O)N1CCSC(C(C)C)C1. The van der Waals surface area contributed by atoms with Crippen molar-refractivity contribution < 1.29 is 4.79 Å². The molecular formula is C14H28N2OS. The van der Waals surface area contributed by atoms with Gasteiger partial charge in [0, 0.05) is 30.6 Å². The third kappa shape index (κ3) is 3.21. The van der Waals surface area contributed by atoms with E-state index >= 15 is 0 Å². The first-order valence-electron chi connectivity index (χ1n) is 7.11. The van der Waals surface area contributed by atoms with E-state index in [2.05, 4.69) is 32.6 Å². The number of carbonyl (C=O) groups is 1. The van der Waals surface area contributed by atoms with Crippen LogP contribution in [-0.4, -0.2) is 41.4 Å². The van der Waals surface area contributed by atoms with E-state index in [1.54, 1.807) is 0 Å². The van der Waals surface area contributed by atoms with Crippen LogP contribution in [-0.2, 0) is 4.79 Å². The van der Waals surface area contributed by atoms with Gasteiger partial charge in [0.25, 0.3) is 0 Å². The fourth-order valence-corrected chi connectivity index (χ4v) is 3.83. The monoisotopic (exact) mass is 272 g/mol. The average Bonchev–Trinajstić information content (AvgIpc) is 2.41. The highest BCUT2D eigenvalue weighted by Gasteiger charge is 2.38. The van der Waals surface area contributed by atoms with Gasteiger partial charge in [-0.2, -0.15) is 11.8 Å². The summed E-state index contributed by atoms with van der Waals surface area (Å²) in [5, 5.41) is 0.576. The lowest BCUT2D eigenvalue weighted by Gasteiger charge is -2.40. The molecule has 0 aliphatic carbocycles. The molecule has 18 heavy (non-hydrogen) atoms. The van der Waals surface area contributed by atoms with E-state index in [9.17, 15) is 4.79 Å². The Labute approximate surface area is 116 Å². The minimum Gasteiger partial charge on any atom is -0.340 e. The van der Waals surface area contributed by atoms with Gasteiger partial charge < -0.3 is 10.6 Å². The van der Waals surface area contributed by atoms with Crippen LogP contribution in [0.4, 0.5) is 0 Å². The maximum Gasteiger partial charge on any atom is 0.230 e. The summed E-state index contributed by atoms with van der Waals surface area (Å²) in [4.78, 5) is 14.8. The van der Waals surface area contributed by atoms with Crippen LogP contribution in [0, 0.1) is 11.3 Å². The smallest absolute Gasteiger partial charge is 0.230 e. The van der Waals surface area contributed by atoms with Crippen LogP contribution in [0.5, 0.6) is 0 Å². The van der Waals surface area contributed by atoms with Crippen LogP contribution in [0.2, 0.25) is 0 Å². The normalized spacial score (nSPS) is 21.4. The number of carbonyl (C=O) groups excluding carboxylic acids is 1. The van der Waals surface area contributed by atoms with Gasteiger partial charge in [0.2, 0.25) is 5.91 Å². The highest BCUT2D eigenvalue weighted by molar-refractivity contribution is 8.00. The van der Waals surface area contributed by atoms with E-state index in [0.717, 1.165) is 31.7 Å². The first kappa shape index (κ1) is 15.8. The molecule has 0 aromatic carbocycles. The summed E-state index contributed by atoms with van der Waals surface area (Å²) in [5.74, 6) is 1.96. The van der Waals surface area contributed by atoms with Gasteiger partial charge in [-0.1, -0.05) is 27.7 Å². The molecule has 106 valence electrons. The standard InChI is InChI=1S/C14H28N2OS/c1-5-14(6-2,10-15)13(17)16-7-8-18-12(9-16)11(3)4/h11-12H,5-10,15H2,1-4H3. The number of nitrogens with two attached hydrogens (primary N) is 1. The minimum absolute atomic E-state index is 0.279. The van der Waals surface area contributed by atoms with Gasteiger partial charge in [0.15, 0.2) is 0 Å². The van der Waals surface area contributed by atoms with E-state index in [-0.39, 0.29) is 11.3 Å². The molecule has 1 aliphatic rings. The Balaban J connectivity index is 2.76. The molecule has 1 unspecified atom stereocenters. The maximum absolute atomic E-state index is 12.7. The molecule has 1 aliphatic heterocycles. The zero-order valence-electron chi connectivity index (χ0n) is 12.2. The Kier molecular flexibility index (Phi) is 5.99. The molecule has 0 aromatic rings. The lowest BCUT2D eigenvalue weighted by atomic mass is 9.81. The van der Waals surface area contributed by atoms with Crippen LogP contribution in [0.1, 0.15) is 40.5 Å². The van der Waals surface area contributed by atoms with E-state index < -0.39 is 0 Å². The molecule has 1 rings (SSSR count). The second kappa shape index (κ2) is 6.80. The molecule has 3 nitrogen and oxygen atoms in total. The zero-order chi connectivity index (χ0) is 13.8. The summed E-state index contributed by atoms with van der Waals surface area (Å²) in [7, 11) is 0. The van der Waals surface area contributed by atoms with Crippen molar-refractivity contribution in [1.29, 1.82) is 0 Å². The third-order valence-corrected chi connectivity index (χ3v) is 5.86. The predicted molar refractivity (Wildman–Crippen MR) is 79.7 cm³/mol. The van der Waals surface area contributed by atoms with Gasteiger partial charge in [0.05, 0.1) is 5.41 Å². The number of thioether (sulfide) groups is 1. The first-order chi connectivity index (χ1) is 8.50. The number of hydrogen-bond donors (Lipinski definition) is 1. The number of amides is 1. The fraction of sp³-hybridized carbons (Fsp3) is 0.929. The van der Waals surface area contributed by atoms with Crippen molar-refractivity contribution in [3.05, 3.63) is 0 Å². The minimum atomic E-state index is -0.330. The largest absolute Gasteiger partial charge is 0.340 e. The van der Waals surface area contributed by atoms with Gasteiger partial charge in [-0.25, -0.2) is 0 Å². The Morgan fingerprint density at radius 3 is 2.50 bits per heavy atom. The van der Waals surface area contributed by atoms with E-state index in [1.165, 1.54) is 0 Å². The van der Waals surface area contributed by atoms with Gasteiger partial charge in [0.1, 0.15) is 0 Å². The Hall–Kier alpha value is -0.220. The second-order valence-electron chi connectivity index (χ2n) is 5.60. The Bertz CT molecular complexity index is 269. The molecule has 1 fully saturated rings. The molecule has 0 saturated carbocycles. The van der Waals surface area contributed by atoms with Crippen LogP contribution < -0.4 is 5.73 Å². The van der Waals surface area contributed by atoms with Crippen molar-refractivity contribution in [3.63, 3.8) is 0 Å². The fourth-order valence-electron chi connectivity index (χ4n) is 2.53. The van der Waals surface area contributed by atoms with Crippen LogP contribution in [0.25, 0.3) is 0 Å². The molecule has 0 aromatic heterocycles. The van der Waals surface area contributed by atoms with E-state index in [4.69, 9.17) is 5.73 Å². The second-order valence-corrected chi connectivity index (χ2v) is 6.94. The van der Waals surface area contributed by atoms with Gasteiger partial charge in [-0.05, 0) is 18.8 Å². The summed E-state index contributed by atoms with van der Waals surface area (Å²) in [6.07, 6.45) is 1.68. The van der Waals surface area contributed by atoms with Crippen LogP contribution >= 0.6 is 11.8 Å². The molecule has 1 heterocycles. The van der Waals surface area contributed by atoms with Crippen molar-refractivity contribution in [3.8, 4) is 0 Å². The van der Waals surface area contributed by atoms with E-state index in [0.29, 0.717) is 17.7 Å². The van der Waals surface area contributed by atoms with Crippen molar-refractivity contribution >= 4 is 17.7 Å². The van der Waals surface area contributed by atoms with Gasteiger partial charge >= 0.3 is 0 Å². The number of rotatable bonds is 5. The molecule has 0 radical (unpaired) electrons. The third-order valence-electron chi connectivity index (χ3n) is 4.32. The lowest BCUT2D eigenvalue weighted by Crippen LogP contribution is -2.52. The molecular weight excluding hydrogens is 244 g/mol. The number of nitrogens with zero attached hydrogens (tertiary/aromatic N) is 1. The maximum atomic E-state index is 12.7. The predicted octanol–water partition coefficient (Wildman–Crippen LogP) is 2.35. The van der Waals surface area contributed by atoms with Crippen molar-refractivity contribution in [2.75, 3.05) is 25.4 Å². The molecule has 2 N–H and O–H groups in total. The molecule has 1 atom stereocenters. The Morgan fingerprint density at radius 2 is 2.06 bits per heavy atom. The van der Waals surface area contributed by atoms with Crippen molar-refractivity contribution in [2.45, 2.75) is 45.8 Å². The van der Waals surface area contributed by atoms with Crippen LogP contribution in [0.15, 0.2) is 0 Å². The van der Waals surface area contributed by atoms with Gasteiger partial charge in [-0.15, -0.1) is 0 Å². The quantitative estimate of drug-likeness (QED) is 0.835. The molecule has 0 spiro atoms. The molecule has 1 amide bonds. The molecule has 4 heteroatoms. The molecule has 1 saturated heterocycles. The summed E-state index contributed by atoms with van der Waals surface area (Å²) >= 11 is 2.00. The first-order valence-corrected chi connectivity index (χ1v) is 8.16. The lowest BCUT2D eigenvalue weighted by molar-refractivity contribution is -0.142. The number of hydrogen-bond acceptors (Lipinski definition) is 3. The van der Waals surface area contributed by atoms with Gasteiger partial charge in [-0.3, -0.25) is 4.79 Å². The van der Waals surface area contributed by atoms with E-state index in [1.807, 2.05) is 11.8 Å². The highest BCUT2D eigenvalue weighted by Crippen LogP contribution is 2.31. The summed E-state index contributed by atoms with van der Waals surface area (Å²) in [6, 6.07) is 0. The summed E-state index contributed by atoms with van der Waals surface area (Å²) < 4.78 is 0. The van der Waals surface area contributed by atoms with Crippen molar-refractivity contribution in [2.24, 2.45) is 17.1 Å². The zero-order valence-corrected chi connectivity index (χ0v) is 13.1. The summed E-state index contributed by atoms with van der Waals surface area (Å²) in [6.45, 7) is 10.9. The average molecular weight is 272 g/mol. The highest BCUT2D eigenvalue weighted by atomic mass is 32.2. The summed E-state index contributed by atoms with van der Waals surface area (Å²) in [5.41, 5.74) is 5.55. The van der Waals surface area contributed by atoms with Crippen LogP contribution in [0.3, 0.4) is 0 Å². The molecule has 0 bridgehead atoms. The van der Waals surface area contributed by atoms with Crippen molar-refractivity contribution in [1.82, 2.24) is 4.90 Å². The Morgan fingerprint density at radius 1 is 1.44 bits per heavy atom. The topological polar surface area (TPSA) is 46.3 Å².